The van der Waals surface area contributed by atoms with Crippen LogP contribution in [0, 0.1) is 6.92 Å². The molecule has 0 fully saturated rings. The molecule has 2 aromatic heterocycles. The Morgan fingerprint density at radius 1 is 1.00 bits per heavy atom. The number of aromatic nitrogens is 3. The molecule has 0 saturated carbocycles. The zero-order valence-electron chi connectivity index (χ0n) is 14.1. The van der Waals surface area contributed by atoms with Crippen molar-refractivity contribution in [1.82, 2.24) is 15.0 Å². The van der Waals surface area contributed by atoms with Gasteiger partial charge in [0.25, 0.3) is 0 Å². The Kier molecular flexibility index (Phi) is 5.22. The third kappa shape index (κ3) is 3.21. The zero-order valence-corrected chi connectivity index (χ0v) is 16.4. The number of fused-ring (bicyclic) bond motifs is 1. The SMILES string of the molecule is COc1cc(OC)c(Cl)c(-c2cc3cnc(SC)nc3c(C)n2)c1Cl. The molecule has 0 aliphatic heterocycles. The lowest BCUT2D eigenvalue weighted by molar-refractivity contribution is 0.395. The maximum absolute atomic E-state index is 6.49. The quantitative estimate of drug-likeness (QED) is 0.455. The van der Waals surface area contributed by atoms with E-state index in [0.29, 0.717) is 38.0 Å². The minimum Gasteiger partial charge on any atom is -0.495 e. The van der Waals surface area contributed by atoms with Crippen molar-refractivity contribution in [2.75, 3.05) is 20.5 Å². The Balaban J connectivity index is 2.30. The second-order valence-electron chi connectivity index (χ2n) is 5.17. The Labute approximate surface area is 159 Å². The van der Waals surface area contributed by atoms with Gasteiger partial charge in [-0.2, -0.15) is 0 Å². The lowest BCUT2D eigenvalue weighted by Gasteiger charge is -2.15. The lowest BCUT2D eigenvalue weighted by atomic mass is 10.1. The van der Waals surface area contributed by atoms with Crippen LogP contribution >= 0.6 is 35.0 Å². The minimum absolute atomic E-state index is 0.376. The summed E-state index contributed by atoms with van der Waals surface area (Å²) in [4.78, 5) is 13.5. The molecule has 8 heteroatoms. The number of hydrogen-bond acceptors (Lipinski definition) is 6. The molecule has 0 amide bonds. The van der Waals surface area contributed by atoms with Gasteiger partial charge in [-0.3, -0.25) is 4.98 Å². The summed E-state index contributed by atoms with van der Waals surface area (Å²) in [7, 11) is 3.07. The molecule has 0 bridgehead atoms. The van der Waals surface area contributed by atoms with Crippen molar-refractivity contribution in [3.63, 3.8) is 0 Å². The van der Waals surface area contributed by atoms with E-state index >= 15 is 0 Å². The van der Waals surface area contributed by atoms with Gasteiger partial charge < -0.3 is 9.47 Å². The Morgan fingerprint density at radius 2 is 1.64 bits per heavy atom. The van der Waals surface area contributed by atoms with Crippen molar-refractivity contribution in [1.29, 1.82) is 0 Å². The van der Waals surface area contributed by atoms with E-state index in [9.17, 15) is 0 Å². The van der Waals surface area contributed by atoms with Gasteiger partial charge in [-0.05, 0) is 19.2 Å². The molecule has 1 aromatic carbocycles. The van der Waals surface area contributed by atoms with Crippen LogP contribution in [-0.2, 0) is 0 Å². The number of pyridine rings is 1. The van der Waals surface area contributed by atoms with E-state index in [1.54, 1.807) is 12.3 Å². The first-order valence-corrected chi connectivity index (χ1v) is 9.27. The van der Waals surface area contributed by atoms with Gasteiger partial charge in [0, 0.05) is 23.2 Å². The first kappa shape index (κ1) is 18.0. The molecule has 5 nitrogen and oxygen atoms in total. The van der Waals surface area contributed by atoms with E-state index in [-0.39, 0.29) is 0 Å². The predicted molar refractivity (Wildman–Crippen MR) is 102 cm³/mol. The molecule has 3 aromatic rings. The monoisotopic (exact) mass is 395 g/mol. The number of hydrogen-bond donors (Lipinski definition) is 0. The van der Waals surface area contributed by atoms with Crippen LogP contribution in [0.15, 0.2) is 23.5 Å². The second-order valence-corrected chi connectivity index (χ2v) is 6.70. The van der Waals surface area contributed by atoms with E-state index in [2.05, 4.69) is 15.0 Å². The highest BCUT2D eigenvalue weighted by Crippen LogP contribution is 2.45. The topological polar surface area (TPSA) is 57.1 Å². The molecule has 0 radical (unpaired) electrons. The smallest absolute Gasteiger partial charge is 0.187 e. The number of benzene rings is 1. The van der Waals surface area contributed by atoms with Crippen LogP contribution < -0.4 is 9.47 Å². The van der Waals surface area contributed by atoms with Gasteiger partial charge in [-0.1, -0.05) is 35.0 Å². The molecule has 25 heavy (non-hydrogen) atoms. The average Bonchev–Trinajstić information content (AvgIpc) is 2.62. The Morgan fingerprint density at radius 3 is 2.20 bits per heavy atom. The molecule has 0 aliphatic rings. The summed E-state index contributed by atoms with van der Waals surface area (Å²) in [5.41, 5.74) is 2.72. The Bertz CT molecular complexity index is 938. The first-order valence-electron chi connectivity index (χ1n) is 7.28. The summed E-state index contributed by atoms with van der Waals surface area (Å²) in [6.07, 6.45) is 3.70. The standard InChI is InChI=1S/C17H15Cl2N3O2S/c1-8-16-9(7-20-17(22-16)25-4)5-10(21-8)13-14(18)11(23-2)6-12(24-3)15(13)19/h5-7H,1-4H3. The van der Waals surface area contributed by atoms with Crippen molar-refractivity contribution in [3.8, 4) is 22.8 Å². The number of thioether (sulfide) groups is 1. The number of ether oxygens (including phenoxy) is 2. The summed E-state index contributed by atoms with van der Waals surface area (Å²) in [6, 6.07) is 3.51. The third-order valence-electron chi connectivity index (χ3n) is 3.73. The highest BCUT2D eigenvalue weighted by molar-refractivity contribution is 7.98. The summed E-state index contributed by atoms with van der Waals surface area (Å²) in [6.45, 7) is 1.89. The van der Waals surface area contributed by atoms with Crippen molar-refractivity contribution in [3.05, 3.63) is 34.1 Å². The van der Waals surface area contributed by atoms with Crippen molar-refractivity contribution in [2.45, 2.75) is 12.1 Å². The van der Waals surface area contributed by atoms with Gasteiger partial charge >= 0.3 is 0 Å². The molecule has 0 N–H and O–H groups in total. The molecule has 0 aliphatic carbocycles. The normalized spacial score (nSPS) is 11.0. The second kappa shape index (κ2) is 7.23. The van der Waals surface area contributed by atoms with E-state index in [4.69, 9.17) is 32.7 Å². The van der Waals surface area contributed by atoms with E-state index in [1.165, 1.54) is 26.0 Å². The average molecular weight is 396 g/mol. The van der Waals surface area contributed by atoms with Gasteiger partial charge in [0.1, 0.15) is 11.5 Å². The van der Waals surface area contributed by atoms with E-state index in [0.717, 1.165) is 16.6 Å². The molecule has 2 heterocycles. The predicted octanol–water partition coefficient (Wildman–Crippen LogP) is 5.05. The molecule has 0 spiro atoms. The molecular weight excluding hydrogens is 381 g/mol. The largest absolute Gasteiger partial charge is 0.495 e. The van der Waals surface area contributed by atoms with Gasteiger partial charge in [0.05, 0.1) is 41.2 Å². The maximum Gasteiger partial charge on any atom is 0.187 e. The minimum atomic E-state index is 0.376. The molecular formula is C17H15Cl2N3O2S. The van der Waals surface area contributed by atoms with Gasteiger partial charge in [-0.25, -0.2) is 9.97 Å². The summed E-state index contributed by atoms with van der Waals surface area (Å²) in [5, 5.41) is 2.31. The van der Waals surface area contributed by atoms with Crippen LogP contribution in [0.25, 0.3) is 22.2 Å². The molecule has 130 valence electrons. The fourth-order valence-electron chi connectivity index (χ4n) is 2.52. The van der Waals surface area contributed by atoms with E-state index in [1.807, 2.05) is 19.2 Å². The van der Waals surface area contributed by atoms with Crippen LogP contribution in [0.2, 0.25) is 10.0 Å². The van der Waals surface area contributed by atoms with Crippen LogP contribution in [0.1, 0.15) is 5.69 Å². The molecule has 0 saturated heterocycles. The first-order chi connectivity index (χ1) is 12.0. The number of aryl methyl sites for hydroxylation is 1. The van der Waals surface area contributed by atoms with Crippen molar-refractivity contribution < 1.29 is 9.47 Å². The van der Waals surface area contributed by atoms with Gasteiger partial charge in [0.15, 0.2) is 5.16 Å². The van der Waals surface area contributed by atoms with Gasteiger partial charge in [-0.15, -0.1) is 0 Å². The summed E-state index contributed by atoms with van der Waals surface area (Å²) >= 11 is 14.5. The summed E-state index contributed by atoms with van der Waals surface area (Å²) in [5.74, 6) is 0.929. The van der Waals surface area contributed by atoms with Crippen LogP contribution in [0.3, 0.4) is 0 Å². The van der Waals surface area contributed by atoms with Crippen LogP contribution in [-0.4, -0.2) is 35.4 Å². The number of methoxy groups -OCH3 is 2. The molecule has 3 rings (SSSR count). The maximum atomic E-state index is 6.49. The lowest BCUT2D eigenvalue weighted by Crippen LogP contribution is -1.98. The third-order valence-corrected chi connectivity index (χ3v) is 5.04. The highest BCUT2D eigenvalue weighted by atomic mass is 35.5. The molecule has 0 atom stereocenters. The fourth-order valence-corrected chi connectivity index (χ4v) is 3.56. The Hall–Kier alpha value is -1.76. The number of rotatable bonds is 4. The number of halogens is 2. The summed E-state index contributed by atoms with van der Waals surface area (Å²) < 4.78 is 10.7. The van der Waals surface area contributed by atoms with Crippen LogP contribution in [0.5, 0.6) is 11.5 Å². The zero-order chi connectivity index (χ0) is 18.1. The molecule has 0 unspecified atom stereocenters. The van der Waals surface area contributed by atoms with Crippen LogP contribution in [0.4, 0.5) is 0 Å². The van der Waals surface area contributed by atoms with Crippen molar-refractivity contribution >= 4 is 45.9 Å². The van der Waals surface area contributed by atoms with E-state index < -0.39 is 0 Å². The number of nitrogens with zero attached hydrogens (tertiary/aromatic N) is 3. The fraction of sp³-hybridized carbons (Fsp3) is 0.235. The van der Waals surface area contributed by atoms with Gasteiger partial charge in [0.2, 0.25) is 0 Å². The van der Waals surface area contributed by atoms with Crippen molar-refractivity contribution in [2.24, 2.45) is 0 Å². The highest BCUT2D eigenvalue weighted by Gasteiger charge is 2.20.